The summed E-state index contributed by atoms with van der Waals surface area (Å²) in [6.07, 6.45) is 2.93. The Morgan fingerprint density at radius 2 is 1.86 bits per heavy atom. The maximum atomic E-state index is 13.2. The van der Waals surface area contributed by atoms with Crippen molar-refractivity contribution in [3.05, 3.63) is 60.1 Å². The van der Waals surface area contributed by atoms with Gasteiger partial charge in [0.15, 0.2) is 5.76 Å². The van der Waals surface area contributed by atoms with E-state index in [0.29, 0.717) is 39.0 Å². The number of amides is 2. The second-order valence-corrected chi connectivity index (χ2v) is 7.04. The number of benzene rings is 1. The highest BCUT2D eigenvalue weighted by molar-refractivity contribution is 5.95. The minimum Gasteiger partial charge on any atom is -0.466 e. The van der Waals surface area contributed by atoms with E-state index in [1.165, 1.54) is 6.26 Å². The van der Waals surface area contributed by atoms with E-state index in [-0.39, 0.29) is 23.6 Å². The van der Waals surface area contributed by atoms with Crippen molar-refractivity contribution < 1.29 is 23.5 Å². The molecule has 0 spiro atoms. The van der Waals surface area contributed by atoms with Gasteiger partial charge in [-0.05, 0) is 37.5 Å². The Morgan fingerprint density at radius 1 is 1.14 bits per heavy atom. The van der Waals surface area contributed by atoms with Crippen molar-refractivity contribution in [3.8, 4) is 0 Å². The monoisotopic (exact) mass is 398 g/mol. The van der Waals surface area contributed by atoms with Gasteiger partial charge >= 0.3 is 5.97 Å². The Labute approximate surface area is 170 Å². The SMILES string of the molecule is CCOC(=O)C1CCN(C(=O)C(Cc2ccccc2)NC(=O)c2ccco2)CC1. The summed E-state index contributed by atoms with van der Waals surface area (Å²) in [6.45, 7) is 3.07. The smallest absolute Gasteiger partial charge is 0.309 e. The Morgan fingerprint density at radius 3 is 2.48 bits per heavy atom. The first-order valence-electron chi connectivity index (χ1n) is 9.92. The lowest BCUT2D eigenvalue weighted by Gasteiger charge is -2.33. The highest BCUT2D eigenvalue weighted by Gasteiger charge is 2.32. The summed E-state index contributed by atoms with van der Waals surface area (Å²) in [4.78, 5) is 39.3. The molecule has 1 saturated heterocycles. The standard InChI is InChI=1S/C22H26N2O5/c1-2-28-22(27)17-10-12-24(13-11-17)21(26)18(15-16-7-4-3-5-8-16)23-20(25)19-9-6-14-29-19/h3-9,14,17-18H,2,10-13,15H2,1H3,(H,23,25). The lowest BCUT2D eigenvalue weighted by atomic mass is 9.95. The zero-order valence-electron chi connectivity index (χ0n) is 16.5. The van der Waals surface area contributed by atoms with Gasteiger partial charge in [0.2, 0.25) is 5.91 Å². The molecule has 1 unspecified atom stereocenters. The zero-order valence-corrected chi connectivity index (χ0v) is 16.5. The fraction of sp³-hybridized carbons (Fsp3) is 0.409. The summed E-state index contributed by atoms with van der Waals surface area (Å²) in [5.41, 5.74) is 0.951. The molecule has 1 aromatic carbocycles. The molecular weight excluding hydrogens is 372 g/mol. The minimum atomic E-state index is -0.714. The van der Waals surface area contributed by atoms with E-state index >= 15 is 0 Å². The summed E-state index contributed by atoms with van der Waals surface area (Å²) < 4.78 is 10.2. The molecule has 2 heterocycles. The van der Waals surface area contributed by atoms with Crippen LogP contribution in [-0.4, -0.2) is 48.4 Å². The highest BCUT2D eigenvalue weighted by atomic mass is 16.5. The number of likely N-dealkylation sites (tertiary alicyclic amines) is 1. The average Bonchev–Trinajstić information content (AvgIpc) is 3.29. The average molecular weight is 398 g/mol. The first-order valence-corrected chi connectivity index (χ1v) is 9.92. The number of nitrogens with zero attached hydrogens (tertiary/aromatic N) is 1. The number of nitrogens with one attached hydrogen (secondary N) is 1. The molecule has 1 fully saturated rings. The van der Waals surface area contributed by atoms with Gasteiger partial charge in [-0.3, -0.25) is 14.4 Å². The lowest BCUT2D eigenvalue weighted by molar-refractivity contribution is -0.151. The van der Waals surface area contributed by atoms with Crippen LogP contribution in [0.5, 0.6) is 0 Å². The molecule has 29 heavy (non-hydrogen) atoms. The molecule has 1 aliphatic heterocycles. The number of carbonyl (C=O) groups excluding carboxylic acids is 3. The number of hydrogen-bond donors (Lipinski definition) is 1. The third-order valence-electron chi connectivity index (χ3n) is 5.06. The molecule has 0 radical (unpaired) electrons. The van der Waals surface area contributed by atoms with Crippen LogP contribution in [0.15, 0.2) is 53.1 Å². The largest absolute Gasteiger partial charge is 0.466 e. The summed E-state index contributed by atoms with van der Waals surface area (Å²) in [7, 11) is 0. The number of ether oxygens (including phenoxy) is 1. The van der Waals surface area contributed by atoms with Gasteiger partial charge in [-0.2, -0.15) is 0 Å². The van der Waals surface area contributed by atoms with E-state index in [1.54, 1.807) is 24.0 Å². The van der Waals surface area contributed by atoms with Crippen LogP contribution < -0.4 is 5.32 Å². The predicted molar refractivity (Wildman–Crippen MR) is 106 cm³/mol. The number of furan rings is 1. The molecule has 7 heteroatoms. The minimum absolute atomic E-state index is 0.156. The van der Waals surface area contributed by atoms with E-state index in [2.05, 4.69) is 5.32 Å². The van der Waals surface area contributed by atoms with Crippen LogP contribution in [0.4, 0.5) is 0 Å². The van der Waals surface area contributed by atoms with Gasteiger partial charge in [0.25, 0.3) is 5.91 Å². The predicted octanol–water partition coefficient (Wildman–Crippen LogP) is 2.42. The molecule has 0 bridgehead atoms. The second-order valence-electron chi connectivity index (χ2n) is 7.04. The van der Waals surface area contributed by atoms with Gasteiger partial charge in [0.05, 0.1) is 18.8 Å². The molecule has 2 aromatic rings. The molecule has 2 amide bonds. The fourth-order valence-corrected chi connectivity index (χ4v) is 3.50. The quantitative estimate of drug-likeness (QED) is 0.724. The molecule has 1 atom stereocenters. The maximum Gasteiger partial charge on any atom is 0.309 e. The van der Waals surface area contributed by atoms with Crippen LogP contribution in [0.2, 0.25) is 0 Å². The molecule has 1 N–H and O–H groups in total. The Balaban J connectivity index is 1.67. The highest BCUT2D eigenvalue weighted by Crippen LogP contribution is 2.20. The van der Waals surface area contributed by atoms with Gasteiger partial charge in [-0.25, -0.2) is 0 Å². The lowest BCUT2D eigenvalue weighted by Crippen LogP contribution is -2.52. The zero-order chi connectivity index (χ0) is 20.6. The summed E-state index contributed by atoms with van der Waals surface area (Å²) in [6, 6.07) is 12.0. The van der Waals surface area contributed by atoms with E-state index in [4.69, 9.17) is 9.15 Å². The number of carbonyl (C=O) groups is 3. The van der Waals surface area contributed by atoms with Crippen molar-refractivity contribution in [2.75, 3.05) is 19.7 Å². The maximum absolute atomic E-state index is 13.2. The van der Waals surface area contributed by atoms with Crippen molar-refractivity contribution in [2.45, 2.75) is 32.2 Å². The van der Waals surface area contributed by atoms with Crippen molar-refractivity contribution >= 4 is 17.8 Å². The van der Waals surface area contributed by atoms with Crippen molar-refractivity contribution in [1.29, 1.82) is 0 Å². The van der Waals surface area contributed by atoms with Gasteiger partial charge in [-0.1, -0.05) is 30.3 Å². The molecule has 1 aliphatic rings. The van der Waals surface area contributed by atoms with E-state index < -0.39 is 11.9 Å². The third kappa shape index (κ3) is 5.47. The van der Waals surface area contributed by atoms with Crippen LogP contribution in [0, 0.1) is 5.92 Å². The van der Waals surface area contributed by atoms with E-state index in [9.17, 15) is 14.4 Å². The van der Waals surface area contributed by atoms with Crippen molar-refractivity contribution in [3.63, 3.8) is 0 Å². The van der Waals surface area contributed by atoms with Crippen LogP contribution in [0.1, 0.15) is 35.9 Å². The molecule has 1 aromatic heterocycles. The third-order valence-corrected chi connectivity index (χ3v) is 5.06. The van der Waals surface area contributed by atoms with Gasteiger partial charge in [0.1, 0.15) is 6.04 Å². The Hall–Kier alpha value is -3.09. The number of rotatable bonds is 7. The number of piperidine rings is 1. The van der Waals surface area contributed by atoms with Crippen LogP contribution in [0.3, 0.4) is 0 Å². The first-order chi connectivity index (χ1) is 14.1. The van der Waals surface area contributed by atoms with Gasteiger partial charge in [-0.15, -0.1) is 0 Å². The van der Waals surface area contributed by atoms with Crippen LogP contribution in [-0.2, 0) is 20.7 Å². The molecular formula is C22H26N2O5. The van der Waals surface area contributed by atoms with Crippen LogP contribution >= 0.6 is 0 Å². The normalized spacial score (nSPS) is 15.6. The molecule has 0 aliphatic carbocycles. The van der Waals surface area contributed by atoms with Gasteiger partial charge in [0, 0.05) is 19.5 Å². The Bertz CT molecular complexity index is 811. The second kappa shape index (κ2) is 9.91. The summed E-state index contributed by atoms with van der Waals surface area (Å²) in [5, 5.41) is 2.80. The molecule has 3 rings (SSSR count). The van der Waals surface area contributed by atoms with E-state index in [0.717, 1.165) is 5.56 Å². The molecule has 7 nitrogen and oxygen atoms in total. The number of esters is 1. The fourth-order valence-electron chi connectivity index (χ4n) is 3.50. The number of hydrogen-bond acceptors (Lipinski definition) is 5. The van der Waals surface area contributed by atoms with E-state index in [1.807, 2.05) is 30.3 Å². The Kier molecular flexibility index (Phi) is 7.05. The van der Waals surface area contributed by atoms with Crippen molar-refractivity contribution in [2.24, 2.45) is 5.92 Å². The first kappa shape index (κ1) is 20.6. The van der Waals surface area contributed by atoms with Gasteiger partial charge < -0.3 is 19.4 Å². The summed E-state index contributed by atoms with van der Waals surface area (Å²) >= 11 is 0. The molecule has 0 saturated carbocycles. The van der Waals surface area contributed by atoms with Crippen LogP contribution in [0.25, 0.3) is 0 Å². The topological polar surface area (TPSA) is 88.9 Å². The van der Waals surface area contributed by atoms with Crippen molar-refractivity contribution in [1.82, 2.24) is 10.2 Å². The summed E-state index contributed by atoms with van der Waals surface area (Å²) in [5.74, 6) is -0.797. The molecule has 154 valence electrons.